The average Bonchev–Trinajstić information content (AvgIpc) is 3.22. The zero-order valence-corrected chi connectivity index (χ0v) is 21.6. The molecule has 2 saturated heterocycles. The van der Waals surface area contributed by atoms with Gasteiger partial charge < -0.3 is 19.0 Å². The molecule has 2 aromatic carbocycles. The number of aliphatic hydroxyl groups excluding tert-OH is 1. The zero-order chi connectivity index (χ0) is 23.5. The molecule has 0 aliphatic carbocycles. The van der Waals surface area contributed by atoms with Gasteiger partial charge in [0.2, 0.25) is 0 Å². The first-order chi connectivity index (χ1) is 15.8. The van der Waals surface area contributed by atoms with Crippen LogP contribution in [0, 0.1) is 5.92 Å². The molecular formula is C28H40O4Si. The number of hydrogen-bond donors (Lipinski definition) is 1. The van der Waals surface area contributed by atoms with Crippen LogP contribution in [0.5, 0.6) is 0 Å². The van der Waals surface area contributed by atoms with E-state index in [4.69, 9.17) is 13.9 Å². The van der Waals surface area contributed by atoms with Crippen molar-refractivity contribution in [2.75, 3.05) is 13.2 Å². The molecule has 4 nitrogen and oxygen atoms in total. The fourth-order valence-corrected chi connectivity index (χ4v) is 10.4. The van der Waals surface area contributed by atoms with Crippen LogP contribution in [-0.2, 0) is 13.9 Å². The largest absolute Gasteiger partial charge is 0.407 e. The summed E-state index contributed by atoms with van der Waals surface area (Å²) in [5.41, 5.74) is 0. The van der Waals surface area contributed by atoms with E-state index in [0.29, 0.717) is 6.61 Å². The van der Waals surface area contributed by atoms with Crippen LogP contribution in [-0.4, -0.2) is 44.6 Å². The summed E-state index contributed by atoms with van der Waals surface area (Å²) in [4.78, 5) is 0. The van der Waals surface area contributed by atoms with Gasteiger partial charge in [-0.2, -0.15) is 0 Å². The maximum Gasteiger partial charge on any atom is 0.261 e. The van der Waals surface area contributed by atoms with Gasteiger partial charge in [-0.25, -0.2) is 0 Å². The van der Waals surface area contributed by atoms with Gasteiger partial charge in [0.15, 0.2) is 5.79 Å². The lowest BCUT2D eigenvalue weighted by Gasteiger charge is -2.45. The summed E-state index contributed by atoms with van der Waals surface area (Å²) in [5, 5.41) is 12.1. The monoisotopic (exact) mass is 468 g/mol. The Morgan fingerprint density at radius 2 is 1.58 bits per heavy atom. The van der Waals surface area contributed by atoms with Crippen molar-refractivity contribution in [1.82, 2.24) is 0 Å². The van der Waals surface area contributed by atoms with Crippen molar-refractivity contribution in [2.24, 2.45) is 5.92 Å². The molecule has 2 heterocycles. The molecule has 0 aromatic heterocycles. The average molecular weight is 469 g/mol. The summed E-state index contributed by atoms with van der Waals surface area (Å²) in [6.07, 6.45) is 4.80. The van der Waals surface area contributed by atoms with Crippen molar-refractivity contribution < 1.29 is 19.0 Å². The van der Waals surface area contributed by atoms with Crippen LogP contribution in [0.25, 0.3) is 0 Å². The SMILES string of the molecule is C[C@@H](CO[Si](c1ccccc1)(c1ccccc1)C(C)(C)C)[C@@H]1CCC[C@]2(CC[C@@H](CO)O2)O1. The first-order valence-corrected chi connectivity index (χ1v) is 14.4. The molecule has 180 valence electrons. The lowest BCUT2D eigenvalue weighted by Crippen LogP contribution is -2.67. The van der Waals surface area contributed by atoms with Gasteiger partial charge in [0.05, 0.1) is 18.8 Å². The Hall–Kier alpha value is -1.50. The van der Waals surface area contributed by atoms with Crippen LogP contribution in [0.4, 0.5) is 0 Å². The number of rotatable bonds is 7. The molecule has 5 heteroatoms. The van der Waals surface area contributed by atoms with E-state index in [1.807, 2.05) is 0 Å². The minimum absolute atomic E-state index is 0.0347. The molecule has 2 aliphatic rings. The van der Waals surface area contributed by atoms with E-state index in [-0.39, 0.29) is 29.8 Å². The molecule has 4 atom stereocenters. The second kappa shape index (κ2) is 10.0. The molecule has 1 N–H and O–H groups in total. The van der Waals surface area contributed by atoms with Crippen molar-refractivity contribution in [2.45, 2.75) is 82.8 Å². The summed E-state index contributed by atoms with van der Waals surface area (Å²) in [7, 11) is -2.55. The molecule has 1 spiro atoms. The summed E-state index contributed by atoms with van der Waals surface area (Å²) in [6, 6.07) is 21.6. The lowest BCUT2D eigenvalue weighted by atomic mass is 9.93. The molecule has 2 aromatic rings. The van der Waals surface area contributed by atoms with E-state index in [1.165, 1.54) is 10.4 Å². The molecule has 0 amide bonds. The van der Waals surface area contributed by atoms with Crippen LogP contribution in [0.2, 0.25) is 5.04 Å². The van der Waals surface area contributed by atoms with Crippen LogP contribution in [0.1, 0.15) is 59.8 Å². The second-order valence-corrected chi connectivity index (χ2v) is 15.2. The lowest BCUT2D eigenvalue weighted by molar-refractivity contribution is -0.281. The Kier molecular flexibility index (Phi) is 7.46. The van der Waals surface area contributed by atoms with E-state index in [2.05, 4.69) is 88.4 Å². The maximum absolute atomic E-state index is 9.53. The third-order valence-corrected chi connectivity index (χ3v) is 12.5. The Morgan fingerprint density at radius 3 is 2.09 bits per heavy atom. The van der Waals surface area contributed by atoms with E-state index >= 15 is 0 Å². The number of ether oxygens (including phenoxy) is 2. The number of aliphatic hydroxyl groups is 1. The summed E-state index contributed by atoms with van der Waals surface area (Å²) in [6.45, 7) is 9.92. The van der Waals surface area contributed by atoms with Gasteiger partial charge in [0.25, 0.3) is 8.32 Å². The highest BCUT2D eigenvalue weighted by Crippen LogP contribution is 2.42. The quantitative estimate of drug-likeness (QED) is 0.602. The van der Waals surface area contributed by atoms with Crippen molar-refractivity contribution in [3.05, 3.63) is 60.7 Å². The number of hydrogen-bond acceptors (Lipinski definition) is 4. The fourth-order valence-electron chi connectivity index (χ4n) is 5.69. The summed E-state index contributed by atoms with van der Waals surface area (Å²) in [5.74, 6) is -0.261. The molecule has 2 aliphatic heterocycles. The molecule has 2 fully saturated rings. The second-order valence-electron chi connectivity index (χ2n) is 10.9. The highest BCUT2D eigenvalue weighted by Gasteiger charge is 2.51. The van der Waals surface area contributed by atoms with Gasteiger partial charge in [0, 0.05) is 25.4 Å². The van der Waals surface area contributed by atoms with Crippen LogP contribution >= 0.6 is 0 Å². The molecule has 33 heavy (non-hydrogen) atoms. The third kappa shape index (κ3) is 4.98. The standard InChI is InChI=1S/C28H40O4Si/c1-22(26-16-11-18-28(32-26)19-17-23(20-29)31-28)21-30-33(27(2,3)4,24-12-7-5-8-13-24)25-14-9-6-10-15-25/h5-10,12-15,22-23,26,29H,11,16-21H2,1-4H3/t22-,23-,26-,28+/m0/s1. The van der Waals surface area contributed by atoms with Crippen LogP contribution < -0.4 is 10.4 Å². The molecular weight excluding hydrogens is 428 g/mol. The highest BCUT2D eigenvalue weighted by molar-refractivity contribution is 6.99. The van der Waals surface area contributed by atoms with Gasteiger partial charge in [-0.1, -0.05) is 88.4 Å². The minimum Gasteiger partial charge on any atom is -0.407 e. The predicted octanol–water partition coefficient (Wildman–Crippen LogP) is 4.64. The Morgan fingerprint density at radius 1 is 0.970 bits per heavy atom. The van der Waals surface area contributed by atoms with E-state index < -0.39 is 14.1 Å². The smallest absolute Gasteiger partial charge is 0.261 e. The van der Waals surface area contributed by atoms with Crippen molar-refractivity contribution in [3.63, 3.8) is 0 Å². The Bertz CT molecular complexity index is 842. The van der Waals surface area contributed by atoms with Crippen molar-refractivity contribution in [1.29, 1.82) is 0 Å². The van der Waals surface area contributed by atoms with E-state index in [0.717, 1.165) is 32.1 Å². The minimum atomic E-state index is -2.55. The maximum atomic E-state index is 9.53. The topological polar surface area (TPSA) is 47.9 Å². The van der Waals surface area contributed by atoms with Gasteiger partial charge in [0.1, 0.15) is 0 Å². The van der Waals surface area contributed by atoms with Crippen molar-refractivity contribution >= 4 is 18.7 Å². The van der Waals surface area contributed by atoms with Gasteiger partial charge >= 0.3 is 0 Å². The van der Waals surface area contributed by atoms with Crippen molar-refractivity contribution in [3.8, 4) is 0 Å². The summed E-state index contributed by atoms with van der Waals surface area (Å²) >= 11 is 0. The number of benzene rings is 2. The highest BCUT2D eigenvalue weighted by atomic mass is 28.4. The zero-order valence-electron chi connectivity index (χ0n) is 20.6. The molecule has 0 radical (unpaired) electrons. The predicted molar refractivity (Wildman–Crippen MR) is 135 cm³/mol. The molecule has 0 bridgehead atoms. The first-order valence-electron chi connectivity index (χ1n) is 12.5. The molecule has 0 unspecified atom stereocenters. The van der Waals surface area contributed by atoms with Crippen LogP contribution in [0.15, 0.2) is 60.7 Å². The Labute approximate surface area is 200 Å². The molecule has 0 saturated carbocycles. The van der Waals surface area contributed by atoms with Crippen LogP contribution in [0.3, 0.4) is 0 Å². The fraction of sp³-hybridized carbons (Fsp3) is 0.571. The van der Waals surface area contributed by atoms with E-state index in [1.54, 1.807) is 0 Å². The summed E-state index contributed by atoms with van der Waals surface area (Å²) < 4.78 is 19.9. The molecule has 4 rings (SSSR count). The third-order valence-electron chi connectivity index (χ3n) is 7.46. The first kappa shape index (κ1) is 24.6. The normalized spacial score (nSPS) is 27.1. The Balaban J connectivity index is 1.57. The van der Waals surface area contributed by atoms with Gasteiger partial charge in [-0.3, -0.25) is 0 Å². The van der Waals surface area contributed by atoms with Gasteiger partial charge in [-0.05, 0) is 34.7 Å². The van der Waals surface area contributed by atoms with E-state index in [9.17, 15) is 5.11 Å². The van der Waals surface area contributed by atoms with Gasteiger partial charge in [-0.15, -0.1) is 0 Å².